The fraction of sp³-hybridized carbons (Fsp3) is 0.192. The minimum atomic E-state index is -0.240. The number of rotatable bonds is 4. The number of H-pyrrole nitrogens is 2. The van der Waals surface area contributed by atoms with Gasteiger partial charge in [0.1, 0.15) is 11.5 Å². The number of aromatic nitrogens is 4. The van der Waals surface area contributed by atoms with Crippen LogP contribution in [0.5, 0.6) is 0 Å². The number of benzene rings is 2. The van der Waals surface area contributed by atoms with Crippen molar-refractivity contribution in [1.29, 1.82) is 0 Å². The molecule has 170 valence electrons. The second-order valence-electron chi connectivity index (χ2n) is 8.72. The van der Waals surface area contributed by atoms with Gasteiger partial charge in [0, 0.05) is 48.7 Å². The van der Waals surface area contributed by atoms with Crippen LogP contribution in [0.1, 0.15) is 10.5 Å². The zero-order chi connectivity index (χ0) is 23.1. The molecule has 3 N–H and O–H groups in total. The van der Waals surface area contributed by atoms with Crippen LogP contribution in [-0.2, 0) is 0 Å². The van der Waals surface area contributed by atoms with Crippen molar-refractivity contribution in [3.63, 3.8) is 0 Å². The van der Waals surface area contributed by atoms with Gasteiger partial charge in [0.2, 0.25) is 0 Å². The number of hydrogen-bond acceptors (Lipinski definition) is 5. The lowest BCUT2D eigenvalue weighted by Gasteiger charge is -2.33. The fourth-order valence-electron chi connectivity index (χ4n) is 4.60. The maximum absolute atomic E-state index is 13.2. The largest absolute Gasteiger partial charge is 0.361 e. The number of hydrogen-bond donors (Lipinski definition) is 3. The van der Waals surface area contributed by atoms with Crippen molar-refractivity contribution in [2.45, 2.75) is 0 Å². The van der Waals surface area contributed by atoms with E-state index >= 15 is 0 Å². The average Bonchev–Trinajstić information content (AvgIpc) is 3.54. The molecule has 2 aromatic carbocycles. The van der Waals surface area contributed by atoms with Crippen molar-refractivity contribution in [2.24, 2.45) is 0 Å². The molecule has 0 aliphatic carbocycles. The van der Waals surface area contributed by atoms with E-state index in [1.54, 1.807) is 12.3 Å². The van der Waals surface area contributed by atoms with Crippen molar-refractivity contribution in [1.82, 2.24) is 25.1 Å². The highest BCUT2D eigenvalue weighted by Gasteiger charge is 2.18. The molecule has 1 fully saturated rings. The Morgan fingerprint density at radius 3 is 2.71 bits per heavy atom. The summed E-state index contributed by atoms with van der Waals surface area (Å²) in [6, 6.07) is 17.9. The first-order chi connectivity index (χ1) is 16.7. The summed E-state index contributed by atoms with van der Waals surface area (Å²) in [4.78, 5) is 25.7. The number of pyridine rings is 1. The van der Waals surface area contributed by atoms with Crippen LogP contribution in [0, 0.1) is 0 Å². The minimum Gasteiger partial charge on any atom is -0.361 e. The number of fused-ring (bicyclic) bond motifs is 2. The van der Waals surface area contributed by atoms with E-state index in [9.17, 15) is 4.79 Å². The third-order valence-electron chi connectivity index (χ3n) is 6.51. The number of amides is 1. The lowest BCUT2D eigenvalue weighted by Crippen LogP contribution is -2.44. The Labute approximate surface area is 196 Å². The molecule has 8 heteroatoms. The molecule has 4 heterocycles. The number of anilines is 2. The highest BCUT2D eigenvalue weighted by atomic mass is 16.1. The Hall–Kier alpha value is -4.17. The van der Waals surface area contributed by atoms with Crippen LogP contribution in [-0.4, -0.2) is 64.2 Å². The van der Waals surface area contributed by atoms with Crippen molar-refractivity contribution in [3.05, 3.63) is 72.7 Å². The van der Waals surface area contributed by atoms with Crippen LogP contribution in [0.25, 0.3) is 32.9 Å². The monoisotopic (exact) mass is 451 g/mol. The van der Waals surface area contributed by atoms with E-state index in [4.69, 9.17) is 0 Å². The highest BCUT2D eigenvalue weighted by molar-refractivity contribution is 6.09. The summed E-state index contributed by atoms with van der Waals surface area (Å²) in [5, 5.41) is 12.3. The first kappa shape index (κ1) is 20.4. The maximum atomic E-state index is 13.2. The molecule has 0 atom stereocenters. The van der Waals surface area contributed by atoms with Crippen LogP contribution < -0.4 is 10.2 Å². The van der Waals surface area contributed by atoms with Crippen LogP contribution in [0.3, 0.4) is 0 Å². The number of nitrogens with zero attached hydrogens (tertiary/aromatic N) is 4. The minimum absolute atomic E-state index is 0.240. The quantitative estimate of drug-likeness (QED) is 0.382. The summed E-state index contributed by atoms with van der Waals surface area (Å²) >= 11 is 0. The normalized spacial score (nSPS) is 14.7. The Balaban J connectivity index is 1.33. The summed E-state index contributed by atoms with van der Waals surface area (Å²) in [5.41, 5.74) is 5.10. The molecule has 0 bridgehead atoms. The number of piperazine rings is 1. The molecule has 1 aliphatic heterocycles. The number of carbonyl (C=O) groups excluding carboxylic acids is 1. The van der Waals surface area contributed by atoms with Gasteiger partial charge in [-0.15, -0.1) is 0 Å². The lowest BCUT2D eigenvalue weighted by molar-refractivity contribution is 0.102. The van der Waals surface area contributed by atoms with Crippen molar-refractivity contribution in [3.8, 4) is 11.1 Å². The Morgan fingerprint density at radius 1 is 0.971 bits per heavy atom. The molecular formula is C26H25N7O. The summed E-state index contributed by atoms with van der Waals surface area (Å²) in [6.45, 7) is 3.77. The van der Waals surface area contributed by atoms with Crippen molar-refractivity contribution in [2.75, 3.05) is 43.4 Å². The second kappa shape index (κ2) is 8.31. The number of likely N-dealkylation sites (N-methyl/N-ethyl adjacent to an activating group) is 1. The molecule has 1 amide bonds. The second-order valence-corrected chi connectivity index (χ2v) is 8.72. The lowest BCUT2D eigenvalue weighted by atomic mass is 9.99. The summed E-state index contributed by atoms with van der Waals surface area (Å²) < 4.78 is 0. The van der Waals surface area contributed by atoms with E-state index < -0.39 is 0 Å². The smallest absolute Gasteiger partial charge is 0.274 e. The molecule has 3 aromatic heterocycles. The Morgan fingerprint density at radius 2 is 1.82 bits per heavy atom. The van der Waals surface area contributed by atoms with Crippen molar-refractivity contribution < 1.29 is 4.79 Å². The standard InChI is InChI=1S/C26H25N7O/c1-32-10-12-33(13-11-32)25-7-3-6-22(29-25)26(34)30-23-14-17(15-24-20(23)16-28-31-24)18-4-2-5-21-19(18)8-9-27-21/h2-9,14-16,27H,10-13H2,1H3,(H,28,31)(H,30,34). The molecule has 6 rings (SSSR count). The summed E-state index contributed by atoms with van der Waals surface area (Å²) in [5.74, 6) is 0.595. The van der Waals surface area contributed by atoms with Gasteiger partial charge in [-0.25, -0.2) is 4.98 Å². The van der Waals surface area contributed by atoms with Gasteiger partial charge in [-0.3, -0.25) is 9.89 Å². The molecule has 0 spiro atoms. The average molecular weight is 452 g/mol. The number of aromatic amines is 2. The van der Waals surface area contributed by atoms with Gasteiger partial charge in [-0.2, -0.15) is 5.10 Å². The van der Waals surface area contributed by atoms with Crippen LogP contribution in [0.2, 0.25) is 0 Å². The first-order valence-corrected chi connectivity index (χ1v) is 11.4. The van der Waals surface area contributed by atoms with Gasteiger partial charge in [0.05, 0.1) is 17.4 Å². The van der Waals surface area contributed by atoms with Crippen molar-refractivity contribution >= 4 is 39.2 Å². The maximum Gasteiger partial charge on any atom is 0.274 e. The van der Waals surface area contributed by atoms with Gasteiger partial charge in [-0.05, 0) is 54.6 Å². The van der Waals surface area contributed by atoms with E-state index in [0.717, 1.165) is 64.9 Å². The van der Waals surface area contributed by atoms with Gasteiger partial charge >= 0.3 is 0 Å². The zero-order valence-electron chi connectivity index (χ0n) is 18.9. The SMILES string of the molecule is CN1CCN(c2cccc(C(=O)Nc3cc(-c4cccc5[nH]ccc45)cc4[nH]ncc34)n2)CC1. The van der Waals surface area contributed by atoms with Crippen LogP contribution in [0.4, 0.5) is 11.5 Å². The first-order valence-electron chi connectivity index (χ1n) is 11.4. The predicted molar refractivity (Wildman–Crippen MR) is 135 cm³/mol. The van der Waals surface area contributed by atoms with Gasteiger partial charge in [0.15, 0.2) is 0 Å². The Bertz CT molecular complexity index is 1490. The molecule has 0 radical (unpaired) electrons. The number of nitrogens with one attached hydrogen (secondary N) is 3. The predicted octanol–water partition coefficient (Wildman–Crippen LogP) is 4.11. The van der Waals surface area contributed by atoms with Crippen LogP contribution in [0.15, 0.2) is 67.0 Å². The molecular weight excluding hydrogens is 426 g/mol. The zero-order valence-corrected chi connectivity index (χ0v) is 18.9. The third kappa shape index (κ3) is 3.68. The van der Waals surface area contributed by atoms with E-state index in [1.807, 2.05) is 30.5 Å². The third-order valence-corrected chi connectivity index (χ3v) is 6.51. The molecule has 1 saturated heterocycles. The molecule has 1 aliphatic rings. The molecule has 0 saturated carbocycles. The molecule has 0 unspecified atom stereocenters. The van der Waals surface area contributed by atoms with Crippen LogP contribution >= 0.6 is 0 Å². The van der Waals surface area contributed by atoms with Gasteiger partial charge in [0.25, 0.3) is 5.91 Å². The topological polar surface area (TPSA) is 92.9 Å². The summed E-state index contributed by atoms with van der Waals surface area (Å²) in [7, 11) is 2.12. The highest BCUT2D eigenvalue weighted by Crippen LogP contribution is 2.34. The van der Waals surface area contributed by atoms with Gasteiger partial charge in [-0.1, -0.05) is 18.2 Å². The summed E-state index contributed by atoms with van der Waals surface area (Å²) in [6.07, 6.45) is 3.67. The fourth-order valence-corrected chi connectivity index (χ4v) is 4.60. The molecule has 5 aromatic rings. The Kier molecular flexibility index (Phi) is 5.00. The van der Waals surface area contributed by atoms with E-state index in [2.05, 4.69) is 66.6 Å². The molecule has 34 heavy (non-hydrogen) atoms. The van der Waals surface area contributed by atoms with E-state index in [1.165, 1.54) is 0 Å². The van der Waals surface area contributed by atoms with E-state index in [-0.39, 0.29) is 5.91 Å². The van der Waals surface area contributed by atoms with Gasteiger partial charge < -0.3 is 20.1 Å². The molecule has 8 nitrogen and oxygen atoms in total. The number of carbonyl (C=O) groups is 1. The van der Waals surface area contributed by atoms with E-state index in [0.29, 0.717) is 11.4 Å².